The number of aromatic nitrogens is 3. The van der Waals surface area contributed by atoms with Crippen molar-refractivity contribution in [3.63, 3.8) is 0 Å². The van der Waals surface area contributed by atoms with Crippen LogP contribution in [0.15, 0.2) is 60.2 Å². The molecule has 0 saturated carbocycles. The fourth-order valence-electron chi connectivity index (χ4n) is 2.54. The number of amides is 1. The van der Waals surface area contributed by atoms with Gasteiger partial charge in [0.05, 0.1) is 16.8 Å². The normalized spacial score (nSPS) is 10.9. The van der Waals surface area contributed by atoms with Crippen LogP contribution in [0.2, 0.25) is 0 Å². The number of thiophene rings is 1. The van der Waals surface area contributed by atoms with Gasteiger partial charge in [-0.2, -0.15) is 5.10 Å². The molecule has 1 N–H and O–H groups in total. The molecule has 0 spiro atoms. The molecule has 1 aromatic carbocycles. The summed E-state index contributed by atoms with van der Waals surface area (Å²) in [6, 6.07) is 11.8. The van der Waals surface area contributed by atoms with Crippen molar-refractivity contribution >= 4 is 22.9 Å². The van der Waals surface area contributed by atoms with Crippen LogP contribution in [0.1, 0.15) is 15.9 Å². The Balaban J connectivity index is 1.60. The molecule has 0 aliphatic carbocycles. The van der Waals surface area contributed by atoms with E-state index in [-0.39, 0.29) is 11.7 Å². The minimum atomic E-state index is -0.303. The highest BCUT2D eigenvalue weighted by Crippen LogP contribution is 2.25. The van der Waals surface area contributed by atoms with Gasteiger partial charge in [0.1, 0.15) is 11.4 Å². The molecule has 0 fully saturated rings. The third kappa shape index (κ3) is 3.01. The average Bonchev–Trinajstić information content (AvgIpc) is 3.30. The molecule has 4 aromatic rings. The molecule has 3 aromatic heterocycles. The number of rotatable bonds is 4. The van der Waals surface area contributed by atoms with Gasteiger partial charge >= 0.3 is 0 Å². The first-order valence-corrected chi connectivity index (χ1v) is 8.49. The molecule has 0 radical (unpaired) electrons. The van der Waals surface area contributed by atoms with Crippen molar-refractivity contribution in [2.75, 3.05) is 0 Å². The first kappa shape index (κ1) is 15.5. The maximum atomic E-state index is 12.9. The maximum Gasteiger partial charge on any atom is 0.257 e. The van der Waals surface area contributed by atoms with E-state index in [0.717, 1.165) is 16.1 Å². The number of carbonyl (C=O) groups excluding carboxylic acids is 1. The van der Waals surface area contributed by atoms with E-state index >= 15 is 0 Å². The summed E-state index contributed by atoms with van der Waals surface area (Å²) in [6.07, 6.45) is 3.18. The van der Waals surface area contributed by atoms with Gasteiger partial charge < -0.3 is 5.32 Å². The van der Waals surface area contributed by atoms with E-state index in [1.807, 2.05) is 23.6 Å². The zero-order chi connectivity index (χ0) is 17.2. The SMILES string of the molecule is O=C(NCc1ccc(F)cc1)c1cnn2c(-c3cccs3)ccnc12. The Morgan fingerprint density at radius 3 is 2.80 bits per heavy atom. The largest absolute Gasteiger partial charge is 0.348 e. The molecule has 0 bridgehead atoms. The van der Waals surface area contributed by atoms with E-state index in [4.69, 9.17) is 0 Å². The van der Waals surface area contributed by atoms with Gasteiger partial charge in [0.25, 0.3) is 5.91 Å². The van der Waals surface area contributed by atoms with Crippen molar-refractivity contribution in [2.45, 2.75) is 6.54 Å². The lowest BCUT2D eigenvalue weighted by molar-refractivity contribution is 0.0952. The Kier molecular flexibility index (Phi) is 3.99. The summed E-state index contributed by atoms with van der Waals surface area (Å²) in [7, 11) is 0. The Hall–Kier alpha value is -3.06. The van der Waals surface area contributed by atoms with Gasteiger partial charge in [-0.3, -0.25) is 4.79 Å². The molecular weight excluding hydrogens is 339 g/mol. The fraction of sp³-hybridized carbons (Fsp3) is 0.0556. The third-order valence-corrected chi connectivity index (χ3v) is 4.68. The molecular formula is C18H13FN4OS. The predicted octanol–water partition coefficient (Wildman–Crippen LogP) is 3.53. The van der Waals surface area contributed by atoms with Gasteiger partial charge in [-0.25, -0.2) is 13.9 Å². The zero-order valence-electron chi connectivity index (χ0n) is 13.0. The molecule has 0 aliphatic rings. The van der Waals surface area contributed by atoms with Crippen LogP contribution in [0.25, 0.3) is 16.2 Å². The molecule has 0 aliphatic heterocycles. The van der Waals surface area contributed by atoms with E-state index < -0.39 is 0 Å². The molecule has 0 saturated heterocycles. The zero-order valence-corrected chi connectivity index (χ0v) is 13.8. The van der Waals surface area contributed by atoms with Crippen molar-refractivity contribution in [2.24, 2.45) is 0 Å². The van der Waals surface area contributed by atoms with Crippen molar-refractivity contribution in [3.05, 3.63) is 77.2 Å². The third-order valence-electron chi connectivity index (χ3n) is 3.79. The average molecular weight is 352 g/mol. The highest BCUT2D eigenvalue weighted by molar-refractivity contribution is 7.13. The van der Waals surface area contributed by atoms with Crippen molar-refractivity contribution in [3.8, 4) is 10.6 Å². The smallest absolute Gasteiger partial charge is 0.257 e. The summed E-state index contributed by atoms with van der Waals surface area (Å²) in [5.74, 6) is -0.571. The second-order valence-corrected chi connectivity index (χ2v) is 6.36. The number of fused-ring (bicyclic) bond motifs is 1. The summed E-state index contributed by atoms with van der Waals surface area (Å²) < 4.78 is 14.6. The number of nitrogens with one attached hydrogen (secondary N) is 1. The van der Waals surface area contributed by atoms with Crippen LogP contribution < -0.4 is 5.32 Å². The van der Waals surface area contributed by atoms with Crippen LogP contribution in [0.4, 0.5) is 4.39 Å². The predicted molar refractivity (Wildman–Crippen MR) is 93.9 cm³/mol. The maximum absolute atomic E-state index is 12.9. The summed E-state index contributed by atoms with van der Waals surface area (Å²) in [6.45, 7) is 0.307. The Labute approximate surface area is 146 Å². The number of carbonyl (C=O) groups is 1. The van der Waals surface area contributed by atoms with Gasteiger partial charge in [-0.15, -0.1) is 11.3 Å². The molecule has 3 heterocycles. The Bertz CT molecular complexity index is 1030. The van der Waals surface area contributed by atoms with Gasteiger partial charge in [0.2, 0.25) is 0 Å². The summed E-state index contributed by atoms with van der Waals surface area (Å²) >= 11 is 1.60. The molecule has 1 amide bonds. The minimum Gasteiger partial charge on any atom is -0.348 e. The molecule has 0 atom stereocenters. The lowest BCUT2D eigenvalue weighted by Crippen LogP contribution is -2.22. The van der Waals surface area contributed by atoms with E-state index in [0.29, 0.717) is 17.8 Å². The fourth-order valence-corrected chi connectivity index (χ4v) is 3.28. The number of hydrogen-bond donors (Lipinski definition) is 1. The van der Waals surface area contributed by atoms with Gasteiger partial charge in [0.15, 0.2) is 5.65 Å². The molecule has 124 valence electrons. The number of hydrogen-bond acceptors (Lipinski definition) is 4. The van der Waals surface area contributed by atoms with E-state index in [1.165, 1.54) is 18.3 Å². The van der Waals surface area contributed by atoms with Gasteiger partial charge in [-0.1, -0.05) is 18.2 Å². The standard InChI is InChI=1S/C18H13FN4OS/c19-13-5-3-12(4-6-13)10-21-18(24)14-11-22-23-15(7-8-20-17(14)23)16-2-1-9-25-16/h1-9,11H,10H2,(H,21,24). The van der Waals surface area contributed by atoms with Crippen LogP contribution in [-0.4, -0.2) is 20.5 Å². The quantitative estimate of drug-likeness (QED) is 0.611. The van der Waals surface area contributed by atoms with E-state index in [2.05, 4.69) is 15.4 Å². The van der Waals surface area contributed by atoms with Crippen molar-refractivity contribution in [1.82, 2.24) is 19.9 Å². The van der Waals surface area contributed by atoms with Gasteiger partial charge in [0, 0.05) is 12.7 Å². The van der Waals surface area contributed by atoms with Gasteiger partial charge in [-0.05, 0) is 35.2 Å². The monoisotopic (exact) mass is 352 g/mol. The van der Waals surface area contributed by atoms with Crippen LogP contribution in [0, 0.1) is 5.82 Å². The number of nitrogens with zero attached hydrogens (tertiary/aromatic N) is 3. The molecule has 5 nitrogen and oxygen atoms in total. The summed E-state index contributed by atoms with van der Waals surface area (Å²) in [4.78, 5) is 17.8. The molecule has 0 unspecified atom stereocenters. The Morgan fingerprint density at radius 2 is 2.04 bits per heavy atom. The van der Waals surface area contributed by atoms with Crippen molar-refractivity contribution in [1.29, 1.82) is 0 Å². The highest BCUT2D eigenvalue weighted by Gasteiger charge is 2.16. The first-order valence-electron chi connectivity index (χ1n) is 7.61. The summed E-state index contributed by atoms with van der Waals surface area (Å²) in [5, 5.41) is 9.12. The lowest BCUT2D eigenvalue weighted by Gasteiger charge is -2.05. The first-order chi connectivity index (χ1) is 12.2. The van der Waals surface area contributed by atoms with E-state index in [1.54, 1.807) is 34.2 Å². The minimum absolute atomic E-state index is 0.268. The molecule has 7 heteroatoms. The lowest BCUT2D eigenvalue weighted by atomic mass is 10.2. The second-order valence-electron chi connectivity index (χ2n) is 5.41. The highest BCUT2D eigenvalue weighted by atomic mass is 32.1. The van der Waals surface area contributed by atoms with Crippen LogP contribution in [0.3, 0.4) is 0 Å². The number of halogens is 1. The van der Waals surface area contributed by atoms with Crippen molar-refractivity contribution < 1.29 is 9.18 Å². The second kappa shape index (κ2) is 6.45. The van der Waals surface area contributed by atoms with Crippen LogP contribution in [-0.2, 0) is 6.54 Å². The number of benzene rings is 1. The van der Waals surface area contributed by atoms with E-state index in [9.17, 15) is 9.18 Å². The molecule has 25 heavy (non-hydrogen) atoms. The topological polar surface area (TPSA) is 59.3 Å². The Morgan fingerprint density at radius 1 is 1.20 bits per heavy atom. The van der Waals surface area contributed by atoms with Crippen LogP contribution in [0.5, 0.6) is 0 Å². The molecule has 4 rings (SSSR count). The summed E-state index contributed by atoms with van der Waals surface area (Å²) in [5.41, 5.74) is 2.61. The van der Waals surface area contributed by atoms with Crippen LogP contribution >= 0.6 is 11.3 Å².